The van der Waals surface area contributed by atoms with Gasteiger partial charge in [-0.15, -0.1) is 11.3 Å². The molecule has 320 valence electrons. The third-order valence-corrected chi connectivity index (χ3v) is 19.8. The monoisotopic (exact) mass is 900 g/mol. The molecule has 68 heavy (non-hydrogen) atoms. The van der Waals surface area contributed by atoms with E-state index in [2.05, 4.69) is 276 Å². The van der Waals surface area contributed by atoms with Gasteiger partial charge in [-0.25, -0.2) is 0 Å². The van der Waals surface area contributed by atoms with E-state index in [9.17, 15) is 0 Å². The Bertz CT molecular complexity index is 3840. The Hall–Kier alpha value is -8.28. The maximum Gasteiger partial charge on any atom is 0.179 e. The summed E-state index contributed by atoms with van der Waals surface area (Å²) in [6.45, 7) is 0. The maximum absolute atomic E-state index is 2.77. The second-order valence-corrected chi connectivity index (χ2v) is 22.5. The van der Waals surface area contributed by atoms with E-state index in [1.54, 1.807) is 0 Å². The average Bonchev–Trinajstić information content (AvgIpc) is 3.97. The molecule has 4 heteroatoms. The van der Waals surface area contributed by atoms with Gasteiger partial charge < -0.3 is 9.47 Å². The topological polar surface area (TPSA) is 8.17 Å². The Morgan fingerprint density at radius 3 is 1.51 bits per heavy atom. The third-order valence-electron chi connectivity index (χ3n) is 13.9. The van der Waals surface area contributed by atoms with E-state index in [0.717, 1.165) is 22.7 Å². The van der Waals surface area contributed by atoms with Gasteiger partial charge in [0, 0.05) is 48.0 Å². The van der Waals surface area contributed by atoms with E-state index >= 15 is 0 Å². The van der Waals surface area contributed by atoms with Crippen LogP contribution in [0.5, 0.6) is 0 Å². The van der Waals surface area contributed by atoms with Crippen molar-refractivity contribution in [3.63, 3.8) is 0 Å². The highest BCUT2D eigenvalue weighted by molar-refractivity contribution is 7.26. The summed E-state index contributed by atoms with van der Waals surface area (Å²) in [6.07, 6.45) is 0. The van der Waals surface area contributed by atoms with Gasteiger partial charge in [-0.1, -0.05) is 212 Å². The summed E-state index contributed by atoms with van der Waals surface area (Å²) in [7, 11) is -2.77. The van der Waals surface area contributed by atoms with Crippen molar-refractivity contribution in [1.29, 1.82) is 0 Å². The molecule has 0 bridgehead atoms. The molecule has 11 aromatic carbocycles. The van der Waals surface area contributed by atoms with Gasteiger partial charge in [0.1, 0.15) is 0 Å². The average molecular weight is 901 g/mol. The first-order valence-electron chi connectivity index (χ1n) is 23.3. The van der Waals surface area contributed by atoms with E-state index < -0.39 is 8.07 Å². The number of benzene rings is 11. The lowest BCUT2D eigenvalue weighted by atomic mass is 9.98. The van der Waals surface area contributed by atoms with Crippen LogP contribution >= 0.6 is 11.3 Å². The predicted octanol–water partition coefficient (Wildman–Crippen LogP) is 14.8. The molecule has 0 aliphatic carbocycles. The Balaban J connectivity index is 1.10. The molecule has 0 aliphatic heterocycles. The molecule has 13 aromatic rings. The van der Waals surface area contributed by atoms with Crippen molar-refractivity contribution < 1.29 is 0 Å². The minimum absolute atomic E-state index is 1.10. The minimum atomic E-state index is -2.77. The fourth-order valence-corrected chi connectivity index (χ4v) is 16.9. The highest BCUT2D eigenvalue weighted by atomic mass is 32.1. The van der Waals surface area contributed by atoms with Gasteiger partial charge in [-0.3, -0.25) is 0 Å². The number of fused-ring (bicyclic) bond motifs is 8. The Kier molecular flexibility index (Phi) is 9.74. The molecule has 0 fully saturated rings. The maximum atomic E-state index is 2.52. The second-order valence-electron chi connectivity index (χ2n) is 17.6. The lowest BCUT2D eigenvalue weighted by Crippen LogP contribution is -2.74. The number of thiophene rings is 1. The Morgan fingerprint density at radius 2 is 0.868 bits per heavy atom. The summed E-state index contributed by atoms with van der Waals surface area (Å²) < 4.78 is 5.04. The first-order valence-corrected chi connectivity index (χ1v) is 26.2. The molecular formula is C64H44N2SSi. The van der Waals surface area contributed by atoms with Crippen molar-refractivity contribution in [3.8, 4) is 16.8 Å². The molecule has 2 nitrogen and oxygen atoms in total. The summed E-state index contributed by atoms with van der Waals surface area (Å²) in [5, 5.41) is 12.9. The summed E-state index contributed by atoms with van der Waals surface area (Å²) in [5.74, 6) is 0. The molecule has 0 spiro atoms. The van der Waals surface area contributed by atoms with Crippen LogP contribution in [0.4, 0.5) is 17.1 Å². The van der Waals surface area contributed by atoms with E-state index in [4.69, 9.17) is 0 Å². The van der Waals surface area contributed by atoms with Crippen molar-refractivity contribution in [2.24, 2.45) is 0 Å². The zero-order valence-corrected chi connectivity index (χ0v) is 39.0. The van der Waals surface area contributed by atoms with Gasteiger partial charge in [0.05, 0.1) is 16.7 Å². The van der Waals surface area contributed by atoms with Crippen LogP contribution < -0.4 is 25.6 Å². The van der Waals surface area contributed by atoms with Gasteiger partial charge in [-0.05, 0) is 97.2 Å². The molecule has 13 rings (SSSR count). The number of rotatable bonds is 9. The van der Waals surface area contributed by atoms with Crippen LogP contribution in [0.3, 0.4) is 0 Å². The van der Waals surface area contributed by atoms with E-state index in [1.165, 1.54) is 84.6 Å². The van der Waals surface area contributed by atoms with Crippen molar-refractivity contribution in [3.05, 3.63) is 267 Å². The van der Waals surface area contributed by atoms with E-state index in [0.29, 0.717) is 0 Å². The van der Waals surface area contributed by atoms with Crippen LogP contribution in [0, 0.1) is 0 Å². The van der Waals surface area contributed by atoms with Crippen molar-refractivity contribution >= 4 is 110 Å². The molecule has 0 saturated carbocycles. The molecule has 0 amide bonds. The normalized spacial score (nSPS) is 11.8. The highest BCUT2D eigenvalue weighted by Gasteiger charge is 2.41. The molecule has 0 saturated heterocycles. The second kappa shape index (κ2) is 16.5. The SMILES string of the molecule is c1ccc(-n2c3ccccc3c3c(N(c4ccc(-c5cccc6ccccc56)cc4)c4ccc([Si](c5ccccc5)(c5ccccc5)c5ccccc5)cc4)cc4sc5ccccc5c4c32)cc1. The Labute approximate surface area is 400 Å². The lowest BCUT2D eigenvalue weighted by Gasteiger charge is -2.35. The van der Waals surface area contributed by atoms with E-state index in [-0.39, 0.29) is 0 Å². The largest absolute Gasteiger partial charge is 0.310 e. The van der Waals surface area contributed by atoms with E-state index in [1.807, 2.05) is 11.3 Å². The zero-order chi connectivity index (χ0) is 45.0. The van der Waals surface area contributed by atoms with Crippen molar-refractivity contribution in [1.82, 2.24) is 4.57 Å². The third kappa shape index (κ3) is 6.37. The first kappa shape index (κ1) is 40.0. The predicted molar refractivity (Wildman–Crippen MR) is 295 cm³/mol. The molecule has 0 N–H and O–H groups in total. The molecule has 2 heterocycles. The fourth-order valence-electron chi connectivity index (χ4n) is 11.0. The molecular weight excluding hydrogens is 857 g/mol. The van der Waals surface area contributed by atoms with Gasteiger partial charge >= 0.3 is 0 Å². The number of para-hydroxylation sites is 2. The van der Waals surface area contributed by atoms with Gasteiger partial charge in [0.25, 0.3) is 0 Å². The van der Waals surface area contributed by atoms with Crippen LogP contribution in [-0.2, 0) is 0 Å². The Morgan fingerprint density at radius 1 is 0.368 bits per heavy atom. The van der Waals surface area contributed by atoms with Crippen LogP contribution in [0.2, 0.25) is 0 Å². The van der Waals surface area contributed by atoms with Crippen LogP contribution in [-0.4, -0.2) is 12.6 Å². The molecule has 0 atom stereocenters. The molecule has 0 radical (unpaired) electrons. The van der Waals surface area contributed by atoms with Crippen molar-refractivity contribution in [2.45, 2.75) is 0 Å². The number of hydrogen-bond donors (Lipinski definition) is 0. The first-order chi connectivity index (χ1) is 33.8. The molecule has 0 unspecified atom stereocenters. The standard InChI is InChI=1S/C64H44N2SSi/c1-5-22-47(23-6-1)66-58-34-17-15-31-56(58)62-59(44-61-63(64(62)66)57-32-16-18-35-60(57)67-61)65(48-38-36-46(37-39-48)55-33-19-21-45-20-13-14-30-54(45)55)49-40-42-53(43-41-49)68(50-24-7-2-8-25-50,51-26-9-3-10-27-51)52-28-11-4-12-29-52/h1-44H. The lowest BCUT2D eigenvalue weighted by molar-refractivity contribution is 1.19. The van der Waals surface area contributed by atoms with Gasteiger partial charge in [-0.2, -0.15) is 0 Å². The highest BCUT2D eigenvalue weighted by Crippen LogP contribution is 2.50. The van der Waals surface area contributed by atoms with Crippen LogP contribution in [0.1, 0.15) is 0 Å². The van der Waals surface area contributed by atoms with Crippen LogP contribution in [0.25, 0.3) is 69.6 Å². The summed E-state index contributed by atoms with van der Waals surface area (Å²) in [4.78, 5) is 2.52. The van der Waals surface area contributed by atoms with Gasteiger partial charge in [0.2, 0.25) is 0 Å². The minimum Gasteiger partial charge on any atom is -0.310 e. The number of aromatic nitrogens is 1. The number of hydrogen-bond acceptors (Lipinski definition) is 2. The van der Waals surface area contributed by atoms with Crippen molar-refractivity contribution in [2.75, 3.05) is 4.90 Å². The smallest absolute Gasteiger partial charge is 0.179 e. The molecule has 2 aromatic heterocycles. The fraction of sp³-hybridized carbons (Fsp3) is 0. The molecule has 0 aliphatic rings. The summed E-state index contributed by atoms with van der Waals surface area (Å²) >= 11 is 1.88. The zero-order valence-electron chi connectivity index (χ0n) is 37.2. The van der Waals surface area contributed by atoms with Crippen LogP contribution in [0.15, 0.2) is 267 Å². The summed E-state index contributed by atoms with van der Waals surface area (Å²) in [5.41, 5.74) is 9.31. The summed E-state index contributed by atoms with van der Waals surface area (Å²) in [6, 6.07) is 99.0. The number of anilines is 3. The number of nitrogens with zero attached hydrogens (tertiary/aromatic N) is 2. The van der Waals surface area contributed by atoms with Gasteiger partial charge in [0.15, 0.2) is 8.07 Å². The quantitative estimate of drug-likeness (QED) is 0.104.